The summed E-state index contributed by atoms with van der Waals surface area (Å²) in [5.41, 5.74) is 6.71. The number of anilines is 1. The molecule has 1 rings (SSSR count). The third kappa shape index (κ3) is 3.66. The van der Waals surface area contributed by atoms with E-state index in [4.69, 9.17) is 5.41 Å². The van der Waals surface area contributed by atoms with Crippen LogP contribution in [0.3, 0.4) is 0 Å². The lowest BCUT2D eigenvalue weighted by atomic mass is 10.3. The fraction of sp³-hybridized carbons (Fsp3) is 0. The largest absolute Gasteiger partial charge is 0.308 e. The molecule has 0 radical (unpaired) electrons. The summed E-state index contributed by atoms with van der Waals surface area (Å²) in [6.07, 6.45) is 2.76. The average Bonchev–Trinajstić information content (AvgIpc) is 2.19. The van der Waals surface area contributed by atoms with Crippen LogP contribution in [0.1, 0.15) is 0 Å². The molecule has 1 aromatic carbocycles. The van der Waals surface area contributed by atoms with Crippen molar-refractivity contribution in [2.75, 3.05) is 5.43 Å². The average molecular weight is 193 g/mol. The van der Waals surface area contributed by atoms with Crippen molar-refractivity contribution in [3.05, 3.63) is 41.4 Å². The van der Waals surface area contributed by atoms with Gasteiger partial charge in [0, 0.05) is 17.3 Å². The molecule has 0 atom stereocenters. The topological polar surface area (TPSA) is 47.9 Å². The Labute approximate surface area is 82.7 Å². The normalized spacial score (nSPS) is 10.7. The molecule has 0 unspecified atom stereocenters. The van der Waals surface area contributed by atoms with E-state index in [2.05, 4.69) is 23.5 Å². The lowest BCUT2D eigenvalue weighted by molar-refractivity contribution is 1.06. The maximum absolute atomic E-state index is 6.85. The van der Waals surface area contributed by atoms with Gasteiger partial charge in [-0.15, -0.1) is 12.6 Å². The smallest absolute Gasteiger partial charge is 0.0539 e. The molecule has 0 aliphatic rings. The SMILES string of the molecule is N=C/C(S)=C\NNc1ccccc1. The highest BCUT2D eigenvalue weighted by Gasteiger charge is 1.85. The molecule has 0 saturated heterocycles. The fourth-order valence-electron chi connectivity index (χ4n) is 0.757. The lowest BCUT2D eigenvalue weighted by Crippen LogP contribution is -2.14. The summed E-state index contributed by atoms with van der Waals surface area (Å²) in [4.78, 5) is 0.559. The number of thiol groups is 1. The molecule has 4 heteroatoms. The lowest BCUT2D eigenvalue weighted by Gasteiger charge is -2.04. The monoisotopic (exact) mass is 193 g/mol. The predicted octanol–water partition coefficient (Wildman–Crippen LogP) is 2.02. The van der Waals surface area contributed by atoms with Crippen LogP contribution in [0.2, 0.25) is 0 Å². The second-order valence-corrected chi connectivity index (χ2v) is 2.87. The van der Waals surface area contributed by atoms with E-state index in [-0.39, 0.29) is 0 Å². The molecule has 0 fully saturated rings. The Hall–Kier alpha value is -1.42. The van der Waals surface area contributed by atoms with E-state index >= 15 is 0 Å². The van der Waals surface area contributed by atoms with Crippen molar-refractivity contribution in [2.24, 2.45) is 0 Å². The first kappa shape index (κ1) is 9.67. The number of allylic oxidation sites excluding steroid dienone is 1. The van der Waals surface area contributed by atoms with Gasteiger partial charge in [-0.25, -0.2) is 0 Å². The van der Waals surface area contributed by atoms with Crippen LogP contribution in [0, 0.1) is 5.41 Å². The van der Waals surface area contributed by atoms with Gasteiger partial charge in [0.25, 0.3) is 0 Å². The molecule has 68 valence electrons. The molecule has 13 heavy (non-hydrogen) atoms. The molecule has 1 aromatic rings. The van der Waals surface area contributed by atoms with Crippen molar-refractivity contribution in [1.82, 2.24) is 5.43 Å². The fourth-order valence-corrected chi connectivity index (χ4v) is 0.821. The van der Waals surface area contributed by atoms with Gasteiger partial charge >= 0.3 is 0 Å². The van der Waals surface area contributed by atoms with E-state index in [1.807, 2.05) is 30.3 Å². The Morgan fingerprint density at radius 3 is 2.62 bits per heavy atom. The molecule has 3 N–H and O–H groups in total. The molecule has 0 aliphatic heterocycles. The Balaban J connectivity index is 2.40. The van der Waals surface area contributed by atoms with Gasteiger partial charge in [-0.05, 0) is 12.1 Å². The Morgan fingerprint density at radius 2 is 2.00 bits per heavy atom. The summed E-state index contributed by atoms with van der Waals surface area (Å²) in [7, 11) is 0. The van der Waals surface area contributed by atoms with Gasteiger partial charge in [0.2, 0.25) is 0 Å². The van der Waals surface area contributed by atoms with Crippen LogP contribution < -0.4 is 10.9 Å². The zero-order valence-electron chi connectivity index (χ0n) is 6.99. The summed E-state index contributed by atoms with van der Waals surface area (Å²) in [5, 5.41) is 6.85. The number of hydrogen-bond donors (Lipinski definition) is 4. The minimum atomic E-state index is 0.559. The minimum Gasteiger partial charge on any atom is -0.308 e. The van der Waals surface area contributed by atoms with E-state index in [9.17, 15) is 0 Å². The van der Waals surface area contributed by atoms with Crippen molar-refractivity contribution in [3.8, 4) is 0 Å². The number of hydrazine groups is 1. The second kappa shape index (κ2) is 5.27. The molecule has 0 saturated carbocycles. The number of benzene rings is 1. The highest BCUT2D eigenvalue weighted by molar-refractivity contribution is 7.85. The van der Waals surface area contributed by atoms with Crippen LogP contribution in [0.4, 0.5) is 5.69 Å². The molecule has 0 heterocycles. The first-order valence-electron chi connectivity index (χ1n) is 3.79. The summed E-state index contributed by atoms with van der Waals surface area (Å²) >= 11 is 3.99. The van der Waals surface area contributed by atoms with Gasteiger partial charge in [0.05, 0.1) is 5.69 Å². The summed E-state index contributed by atoms with van der Waals surface area (Å²) in [5.74, 6) is 0. The van der Waals surface area contributed by atoms with Gasteiger partial charge in [0.1, 0.15) is 0 Å². The summed E-state index contributed by atoms with van der Waals surface area (Å²) in [6, 6.07) is 9.69. The zero-order chi connectivity index (χ0) is 9.52. The minimum absolute atomic E-state index is 0.559. The molecule has 0 bridgehead atoms. The van der Waals surface area contributed by atoms with Gasteiger partial charge in [-0.1, -0.05) is 18.2 Å². The summed E-state index contributed by atoms with van der Waals surface area (Å²) < 4.78 is 0. The van der Waals surface area contributed by atoms with Crippen molar-refractivity contribution in [3.63, 3.8) is 0 Å². The number of rotatable bonds is 4. The molecular weight excluding hydrogens is 182 g/mol. The van der Waals surface area contributed by atoms with Crippen molar-refractivity contribution in [2.45, 2.75) is 0 Å². The van der Waals surface area contributed by atoms with Crippen LogP contribution in [-0.4, -0.2) is 6.21 Å². The molecule has 0 aliphatic carbocycles. The highest BCUT2D eigenvalue weighted by Crippen LogP contribution is 2.02. The molecule has 0 amide bonds. The van der Waals surface area contributed by atoms with E-state index < -0.39 is 0 Å². The molecule has 3 nitrogen and oxygen atoms in total. The Bertz CT molecular complexity index is 295. The first-order valence-corrected chi connectivity index (χ1v) is 4.24. The molecular formula is C9H11N3S. The van der Waals surface area contributed by atoms with Crippen LogP contribution in [0.15, 0.2) is 41.4 Å². The maximum atomic E-state index is 6.85. The van der Waals surface area contributed by atoms with E-state index in [1.165, 1.54) is 0 Å². The van der Waals surface area contributed by atoms with E-state index in [1.54, 1.807) is 6.20 Å². The standard InChI is InChI=1S/C9H11N3S/c10-6-9(13)7-11-12-8-4-2-1-3-5-8/h1-7,10-13H/b9-7+,10-6?. The number of hydrogen-bond acceptors (Lipinski definition) is 4. The van der Waals surface area contributed by atoms with Crippen LogP contribution in [0.5, 0.6) is 0 Å². The quantitative estimate of drug-likeness (QED) is 0.336. The van der Waals surface area contributed by atoms with Gasteiger partial charge in [-0.2, -0.15) is 0 Å². The summed E-state index contributed by atoms with van der Waals surface area (Å²) in [6.45, 7) is 0. The van der Waals surface area contributed by atoms with Gasteiger partial charge < -0.3 is 16.3 Å². The number of para-hydroxylation sites is 1. The maximum Gasteiger partial charge on any atom is 0.0539 e. The molecule has 0 aromatic heterocycles. The van der Waals surface area contributed by atoms with Gasteiger partial charge in [0.15, 0.2) is 0 Å². The van der Waals surface area contributed by atoms with Crippen LogP contribution in [-0.2, 0) is 0 Å². The predicted molar refractivity (Wildman–Crippen MR) is 59.1 cm³/mol. The van der Waals surface area contributed by atoms with Gasteiger partial charge in [-0.3, -0.25) is 0 Å². The van der Waals surface area contributed by atoms with Crippen molar-refractivity contribution in [1.29, 1.82) is 5.41 Å². The Kier molecular flexibility index (Phi) is 3.92. The van der Waals surface area contributed by atoms with Crippen LogP contribution in [0.25, 0.3) is 0 Å². The molecule has 0 spiro atoms. The first-order chi connectivity index (χ1) is 6.33. The van der Waals surface area contributed by atoms with E-state index in [0.29, 0.717) is 4.91 Å². The van der Waals surface area contributed by atoms with Crippen LogP contribution >= 0.6 is 12.6 Å². The van der Waals surface area contributed by atoms with E-state index in [0.717, 1.165) is 11.9 Å². The zero-order valence-corrected chi connectivity index (χ0v) is 7.88. The third-order valence-corrected chi connectivity index (χ3v) is 1.62. The number of nitrogens with one attached hydrogen (secondary N) is 3. The Morgan fingerprint density at radius 1 is 1.31 bits per heavy atom. The highest BCUT2D eigenvalue weighted by atomic mass is 32.1. The van der Waals surface area contributed by atoms with Crippen molar-refractivity contribution >= 4 is 24.5 Å². The second-order valence-electron chi connectivity index (χ2n) is 2.35. The third-order valence-electron chi connectivity index (χ3n) is 1.36. The van der Waals surface area contributed by atoms with Crippen molar-refractivity contribution < 1.29 is 0 Å².